The summed E-state index contributed by atoms with van der Waals surface area (Å²) in [6, 6.07) is 3.70. The van der Waals surface area contributed by atoms with Gasteiger partial charge in [-0.15, -0.1) is 0 Å². The third-order valence-corrected chi connectivity index (χ3v) is 3.11. The van der Waals surface area contributed by atoms with Crippen LogP contribution in [0.4, 0.5) is 0 Å². The van der Waals surface area contributed by atoms with E-state index in [1.807, 2.05) is 12.1 Å². The molecule has 1 aliphatic rings. The van der Waals surface area contributed by atoms with Gasteiger partial charge < -0.3 is 15.0 Å². The van der Waals surface area contributed by atoms with Crippen molar-refractivity contribution in [1.29, 1.82) is 0 Å². The van der Waals surface area contributed by atoms with Crippen LogP contribution in [0.1, 0.15) is 18.2 Å². The number of hydrogen-bond donors (Lipinski definition) is 1. The molecular weight excluding hydrogens is 232 g/mol. The Morgan fingerprint density at radius 2 is 2.11 bits per heavy atom. The average molecular weight is 246 g/mol. The molecule has 1 aliphatic heterocycles. The van der Waals surface area contributed by atoms with Crippen LogP contribution in [0.15, 0.2) is 29.0 Å². The maximum atomic E-state index is 6.04. The van der Waals surface area contributed by atoms with Gasteiger partial charge in [0.25, 0.3) is 0 Å². The highest BCUT2D eigenvalue weighted by Crippen LogP contribution is 2.25. The van der Waals surface area contributed by atoms with Gasteiger partial charge in [0.15, 0.2) is 0 Å². The van der Waals surface area contributed by atoms with Crippen LogP contribution in [0, 0.1) is 0 Å². The van der Waals surface area contributed by atoms with Crippen molar-refractivity contribution in [2.75, 3.05) is 13.2 Å². The monoisotopic (exact) mass is 246 g/mol. The summed E-state index contributed by atoms with van der Waals surface area (Å²) in [6.45, 7) is 1.24. The van der Waals surface area contributed by atoms with Crippen LogP contribution in [-0.2, 0) is 4.74 Å². The maximum absolute atomic E-state index is 6.04. The lowest BCUT2D eigenvalue weighted by molar-refractivity contribution is 0.0590. The van der Waals surface area contributed by atoms with E-state index < -0.39 is 0 Å². The number of aromatic nitrogens is 3. The predicted octanol–water partition coefficient (Wildman–Crippen LogP) is 0.963. The molecule has 0 radical (unpaired) electrons. The Hall–Kier alpha value is -1.79. The van der Waals surface area contributed by atoms with Crippen molar-refractivity contribution in [2.45, 2.75) is 18.4 Å². The van der Waals surface area contributed by atoms with Gasteiger partial charge in [-0.25, -0.2) is 0 Å². The molecule has 0 saturated carbocycles. The topological polar surface area (TPSA) is 87.1 Å². The Balaban J connectivity index is 1.85. The Labute approximate surface area is 104 Å². The second kappa shape index (κ2) is 4.83. The van der Waals surface area contributed by atoms with E-state index in [0.717, 1.165) is 12.0 Å². The van der Waals surface area contributed by atoms with Crippen LogP contribution in [0.2, 0.25) is 0 Å². The van der Waals surface area contributed by atoms with E-state index in [9.17, 15) is 0 Å². The largest absolute Gasteiger partial charge is 0.381 e. The minimum absolute atomic E-state index is 0.0122. The lowest BCUT2D eigenvalue weighted by Crippen LogP contribution is -2.37. The molecule has 1 saturated heterocycles. The van der Waals surface area contributed by atoms with Gasteiger partial charge in [0.2, 0.25) is 11.7 Å². The summed E-state index contributed by atoms with van der Waals surface area (Å²) >= 11 is 0. The molecule has 18 heavy (non-hydrogen) atoms. The van der Waals surface area contributed by atoms with E-state index in [1.54, 1.807) is 12.4 Å². The Morgan fingerprint density at radius 1 is 1.28 bits per heavy atom. The quantitative estimate of drug-likeness (QED) is 0.849. The van der Waals surface area contributed by atoms with Crippen molar-refractivity contribution in [3.63, 3.8) is 0 Å². The van der Waals surface area contributed by atoms with Gasteiger partial charge in [-0.05, 0) is 18.6 Å². The van der Waals surface area contributed by atoms with Crippen LogP contribution < -0.4 is 5.73 Å². The van der Waals surface area contributed by atoms with E-state index in [0.29, 0.717) is 24.9 Å². The number of nitrogens with zero attached hydrogens (tertiary/aromatic N) is 3. The minimum Gasteiger partial charge on any atom is -0.381 e. The SMILES string of the molecule is NC1CCOCC1c1nc(-c2ccncc2)no1. The summed E-state index contributed by atoms with van der Waals surface area (Å²) < 4.78 is 10.7. The van der Waals surface area contributed by atoms with Crippen LogP contribution >= 0.6 is 0 Å². The summed E-state index contributed by atoms with van der Waals surface area (Å²) in [6.07, 6.45) is 4.21. The molecule has 0 aromatic carbocycles. The van der Waals surface area contributed by atoms with Crippen LogP contribution in [0.25, 0.3) is 11.4 Å². The first-order chi connectivity index (χ1) is 8.84. The Kier molecular flexibility index (Phi) is 3.04. The zero-order valence-electron chi connectivity index (χ0n) is 9.82. The molecule has 0 amide bonds. The van der Waals surface area contributed by atoms with Gasteiger partial charge in [0.05, 0.1) is 12.5 Å². The Morgan fingerprint density at radius 3 is 2.89 bits per heavy atom. The van der Waals surface area contributed by atoms with Gasteiger partial charge in [0.1, 0.15) is 0 Å². The molecule has 6 heteroatoms. The molecule has 2 atom stereocenters. The molecule has 3 heterocycles. The van der Waals surface area contributed by atoms with Gasteiger partial charge in [0, 0.05) is 30.6 Å². The second-order valence-corrected chi connectivity index (χ2v) is 4.33. The highest BCUT2D eigenvalue weighted by Gasteiger charge is 2.29. The van der Waals surface area contributed by atoms with Gasteiger partial charge >= 0.3 is 0 Å². The summed E-state index contributed by atoms with van der Waals surface area (Å²) in [5.74, 6) is 1.10. The van der Waals surface area contributed by atoms with E-state index in [2.05, 4.69) is 15.1 Å². The first-order valence-electron chi connectivity index (χ1n) is 5.92. The van der Waals surface area contributed by atoms with E-state index >= 15 is 0 Å². The second-order valence-electron chi connectivity index (χ2n) is 4.33. The lowest BCUT2D eigenvalue weighted by atomic mass is 9.97. The molecule has 1 fully saturated rings. The highest BCUT2D eigenvalue weighted by atomic mass is 16.5. The van der Waals surface area contributed by atoms with E-state index in [-0.39, 0.29) is 12.0 Å². The molecule has 0 aliphatic carbocycles. The molecule has 3 rings (SSSR count). The summed E-state index contributed by atoms with van der Waals surface area (Å²) in [5, 5.41) is 3.97. The highest BCUT2D eigenvalue weighted by molar-refractivity contribution is 5.52. The van der Waals surface area contributed by atoms with Crippen LogP contribution in [0.3, 0.4) is 0 Å². The molecule has 94 valence electrons. The summed E-state index contributed by atoms with van der Waals surface area (Å²) in [4.78, 5) is 8.34. The van der Waals surface area contributed by atoms with Crippen molar-refractivity contribution < 1.29 is 9.26 Å². The number of nitrogens with two attached hydrogens (primary N) is 1. The third kappa shape index (κ3) is 2.12. The molecule has 0 bridgehead atoms. The molecule has 2 N–H and O–H groups in total. The molecule has 6 nitrogen and oxygen atoms in total. The summed E-state index contributed by atoms with van der Waals surface area (Å²) in [5.41, 5.74) is 6.92. The fraction of sp³-hybridized carbons (Fsp3) is 0.417. The van der Waals surface area contributed by atoms with Crippen molar-refractivity contribution in [2.24, 2.45) is 5.73 Å². The standard InChI is InChI=1S/C12H14N4O2/c13-10-3-6-17-7-9(10)12-15-11(16-18-12)8-1-4-14-5-2-8/h1-2,4-5,9-10H,3,6-7,13H2. The molecule has 0 spiro atoms. The lowest BCUT2D eigenvalue weighted by Gasteiger charge is -2.25. The zero-order chi connectivity index (χ0) is 12.4. The normalized spacial score (nSPS) is 24.1. The van der Waals surface area contributed by atoms with Crippen molar-refractivity contribution in [3.8, 4) is 11.4 Å². The number of ether oxygens (including phenoxy) is 1. The molecule has 2 aromatic rings. The maximum Gasteiger partial charge on any atom is 0.233 e. The Bertz CT molecular complexity index is 514. The minimum atomic E-state index is -0.0122. The smallest absolute Gasteiger partial charge is 0.233 e. The van der Waals surface area contributed by atoms with Gasteiger partial charge in [-0.1, -0.05) is 5.16 Å². The number of rotatable bonds is 2. The fourth-order valence-electron chi connectivity index (χ4n) is 2.01. The van der Waals surface area contributed by atoms with Crippen LogP contribution in [-0.4, -0.2) is 34.4 Å². The van der Waals surface area contributed by atoms with E-state index in [1.165, 1.54) is 0 Å². The average Bonchev–Trinajstić information content (AvgIpc) is 2.90. The van der Waals surface area contributed by atoms with Crippen LogP contribution in [0.5, 0.6) is 0 Å². The number of hydrogen-bond acceptors (Lipinski definition) is 6. The summed E-state index contributed by atoms with van der Waals surface area (Å²) in [7, 11) is 0. The van der Waals surface area contributed by atoms with Gasteiger partial charge in [-0.3, -0.25) is 4.98 Å². The van der Waals surface area contributed by atoms with E-state index in [4.69, 9.17) is 15.0 Å². The first-order valence-corrected chi connectivity index (χ1v) is 5.92. The zero-order valence-corrected chi connectivity index (χ0v) is 9.82. The van der Waals surface area contributed by atoms with Crippen molar-refractivity contribution in [1.82, 2.24) is 15.1 Å². The molecule has 2 aromatic heterocycles. The van der Waals surface area contributed by atoms with Crippen molar-refractivity contribution in [3.05, 3.63) is 30.4 Å². The first kappa shape index (κ1) is 11.3. The molecular formula is C12H14N4O2. The predicted molar refractivity (Wildman–Crippen MR) is 63.7 cm³/mol. The fourth-order valence-corrected chi connectivity index (χ4v) is 2.01. The third-order valence-electron chi connectivity index (χ3n) is 3.11. The number of pyridine rings is 1. The van der Waals surface area contributed by atoms with Gasteiger partial charge in [-0.2, -0.15) is 4.98 Å². The van der Waals surface area contributed by atoms with Crippen molar-refractivity contribution >= 4 is 0 Å². The molecule has 2 unspecified atom stereocenters.